The second-order valence-electron chi connectivity index (χ2n) is 1.21. The highest BCUT2D eigenvalue weighted by atomic mass is 16.5. The first-order valence-corrected chi connectivity index (χ1v) is 1.92. The molecular weight excluding hydrogens is 78.8 g/mol. The molecule has 2 nitrogen and oxygen atoms in total. The maximum atomic E-state index is 9.74. The van der Waals surface area contributed by atoms with E-state index in [2.05, 4.69) is 4.74 Å². The fourth-order valence-corrected chi connectivity index (χ4v) is 0.0680. The molecule has 6 heavy (non-hydrogen) atoms. The number of rotatable bonds is 2. The van der Waals surface area contributed by atoms with Crippen LogP contribution in [0.2, 0.25) is 0 Å². The van der Waals surface area contributed by atoms with Crippen molar-refractivity contribution >= 4 is 7.85 Å². The predicted molar refractivity (Wildman–Crippen MR) is 24.9 cm³/mol. The molecule has 0 fully saturated rings. The standard InChI is InChI=1S/C3H8BO2/c1-6-3(4)2-5/h3H,2,4H2,1H3. The van der Waals surface area contributed by atoms with Gasteiger partial charge in [0.05, 0.1) is 0 Å². The summed E-state index contributed by atoms with van der Waals surface area (Å²) in [6.45, 7) is -0.142. The van der Waals surface area contributed by atoms with Crippen LogP contribution in [0.3, 0.4) is 0 Å². The Labute approximate surface area is 38.5 Å². The van der Waals surface area contributed by atoms with Crippen LogP contribution in [0, 0.1) is 0 Å². The lowest BCUT2D eigenvalue weighted by molar-refractivity contribution is 0.0684. The van der Waals surface area contributed by atoms with Crippen LogP contribution in [-0.2, 0) is 9.84 Å². The molecule has 0 aromatic heterocycles. The number of methoxy groups -OCH3 is 1. The molecular formula is C3H8BO2. The zero-order valence-electron chi connectivity index (χ0n) is 4.10. The van der Waals surface area contributed by atoms with Gasteiger partial charge in [0.2, 0.25) is 0 Å². The van der Waals surface area contributed by atoms with E-state index in [1.807, 2.05) is 0 Å². The summed E-state index contributed by atoms with van der Waals surface area (Å²) in [5, 5.41) is 9.74. The van der Waals surface area contributed by atoms with E-state index in [4.69, 9.17) is 0 Å². The molecule has 0 N–H and O–H groups in total. The highest BCUT2D eigenvalue weighted by Gasteiger charge is 1.92. The summed E-state index contributed by atoms with van der Waals surface area (Å²) in [7, 11) is 3.27. The molecule has 0 spiro atoms. The molecule has 0 rings (SSSR count). The molecule has 0 heterocycles. The van der Waals surface area contributed by atoms with Crippen molar-refractivity contribution in [2.24, 2.45) is 0 Å². The zero-order valence-corrected chi connectivity index (χ0v) is 4.10. The Morgan fingerprint density at radius 1 is 2.00 bits per heavy atom. The Bertz CT molecular complexity index is 28.0. The molecule has 0 aliphatic heterocycles. The van der Waals surface area contributed by atoms with E-state index < -0.39 is 0 Å². The third-order valence-electron chi connectivity index (χ3n) is 0.637. The average molecular weight is 86.9 g/mol. The van der Waals surface area contributed by atoms with Crippen LogP contribution in [0.1, 0.15) is 0 Å². The van der Waals surface area contributed by atoms with Gasteiger partial charge in [-0.05, 0) is 0 Å². The lowest BCUT2D eigenvalue weighted by Gasteiger charge is -1.99. The summed E-state index contributed by atoms with van der Waals surface area (Å²) in [4.78, 5) is 0. The van der Waals surface area contributed by atoms with Gasteiger partial charge in [-0.2, -0.15) is 0 Å². The van der Waals surface area contributed by atoms with Crippen molar-refractivity contribution < 1.29 is 9.84 Å². The van der Waals surface area contributed by atoms with E-state index in [9.17, 15) is 5.11 Å². The second kappa shape index (κ2) is 3.19. The minimum atomic E-state index is -0.142. The fraction of sp³-hybridized carbons (Fsp3) is 1.00. The number of hydrogen-bond acceptors (Lipinski definition) is 1. The molecule has 0 saturated carbocycles. The van der Waals surface area contributed by atoms with Gasteiger partial charge in [0.15, 0.2) is 0 Å². The van der Waals surface area contributed by atoms with E-state index in [0.717, 1.165) is 0 Å². The molecule has 1 atom stereocenters. The predicted octanol–water partition coefficient (Wildman–Crippen LogP) is -0.978. The van der Waals surface area contributed by atoms with E-state index in [-0.39, 0.29) is 12.6 Å². The lowest BCUT2D eigenvalue weighted by Crippen LogP contribution is -2.13. The van der Waals surface area contributed by atoms with Crippen molar-refractivity contribution in [3.05, 3.63) is 0 Å². The molecule has 0 aromatic rings. The SMILES string of the molecule is BC(C[O])OC. The maximum absolute atomic E-state index is 9.74. The van der Waals surface area contributed by atoms with Gasteiger partial charge < -0.3 is 4.74 Å². The van der Waals surface area contributed by atoms with Gasteiger partial charge in [-0.1, -0.05) is 0 Å². The minimum Gasteiger partial charge on any atom is -0.388 e. The molecule has 0 aromatic carbocycles. The molecule has 0 amide bonds. The monoisotopic (exact) mass is 87.1 g/mol. The molecule has 35 valence electrons. The molecule has 1 radical (unpaired) electrons. The van der Waals surface area contributed by atoms with Crippen LogP contribution >= 0.6 is 0 Å². The van der Waals surface area contributed by atoms with Gasteiger partial charge in [-0.25, -0.2) is 5.11 Å². The smallest absolute Gasteiger partial charge is 0.142 e. The van der Waals surface area contributed by atoms with Crippen LogP contribution in [-0.4, -0.2) is 27.6 Å². The van der Waals surface area contributed by atoms with Gasteiger partial charge in [0, 0.05) is 13.1 Å². The third-order valence-corrected chi connectivity index (χ3v) is 0.637. The first-order valence-electron chi connectivity index (χ1n) is 1.92. The van der Waals surface area contributed by atoms with Crippen molar-refractivity contribution in [3.8, 4) is 0 Å². The van der Waals surface area contributed by atoms with Gasteiger partial charge in [-0.15, -0.1) is 0 Å². The van der Waals surface area contributed by atoms with Gasteiger partial charge in [0.1, 0.15) is 14.5 Å². The molecule has 1 unspecified atom stereocenters. The first kappa shape index (κ1) is 5.98. The molecule has 0 bridgehead atoms. The third kappa shape index (κ3) is 2.24. The highest BCUT2D eigenvalue weighted by molar-refractivity contribution is 6.11. The van der Waals surface area contributed by atoms with Crippen LogP contribution < -0.4 is 0 Å². The molecule has 0 aliphatic carbocycles. The van der Waals surface area contributed by atoms with Crippen molar-refractivity contribution in [2.75, 3.05) is 13.7 Å². The summed E-state index contributed by atoms with van der Waals surface area (Å²) in [6.07, 6.45) is 0. The lowest BCUT2D eigenvalue weighted by atomic mass is 10.0. The normalized spacial score (nSPS) is 14.3. The van der Waals surface area contributed by atoms with E-state index in [0.29, 0.717) is 0 Å². The fourth-order valence-electron chi connectivity index (χ4n) is 0.0680. The number of ether oxygens (including phenoxy) is 1. The largest absolute Gasteiger partial charge is 0.388 e. The number of hydrogen-bond donors (Lipinski definition) is 0. The summed E-state index contributed by atoms with van der Waals surface area (Å²) >= 11 is 0. The Balaban J connectivity index is 2.75. The van der Waals surface area contributed by atoms with Crippen LogP contribution in [0.15, 0.2) is 0 Å². The van der Waals surface area contributed by atoms with Crippen LogP contribution in [0.4, 0.5) is 0 Å². The van der Waals surface area contributed by atoms with Crippen molar-refractivity contribution in [1.82, 2.24) is 0 Å². The van der Waals surface area contributed by atoms with Gasteiger partial charge in [-0.3, -0.25) is 0 Å². The van der Waals surface area contributed by atoms with Crippen LogP contribution in [0.25, 0.3) is 0 Å². The quantitative estimate of drug-likeness (QED) is 0.398. The summed E-state index contributed by atoms with van der Waals surface area (Å²) in [5.41, 5.74) is 0. The molecule has 3 heteroatoms. The summed E-state index contributed by atoms with van der Waals surface area (Å²) in [5.74, 6) is 0. The van der Waals surface area contributed by atoms with E-state index in [1.165, 1.54) is 7.11 Å². The van der Waals surface area contributed by atoms with Crippen molar-refractivity contribution in [1.29, 1.82) is 0 Å². The van der Waals surface area contributed by atoms with E-state index >= 15 is 0 Å². The Morgan fingerprint density at radius 3 is 2.50 bits per heavy atom. The first-order chi connectivity index (χ1) is 2.81. The minimum absolute atomic E-state index is 0.120. The Morgan fingerprint density at radius 2 is 2.50 bits per heavy atom. The molecule has 0 aliphatic rings. The van der Waals surface area contributed by atoms with Gasteiger partial charge in [0.25, 0.3) is 0 Å². The second-order valence-corrected chi connectivity index (χ2v) is 1.21. The zero-order chi connectivity index (χ0) is 4.99. The topological polar surface area (TPSA) is 29.1 Å². The summed E-state index contributed by atoms with van der Waals surface area (Å²) < 4.78 is 4.59. The van der Waals surface area contributed by atoms with Crippen molar-refractivity contribution in [3.63, 3.8) is 0 Å². The average Bonchev–Trinajstić information content (AvgIpc) is 1.65. The van der Waals surface area contributed by atoms with Crippen molar-refractivity contribution in [2.45, 2.75) is 6.00 Å². The van der Waals surface area contributed by atoms with E-state index in [1.54, 1.807) is 7.85 Å². The maximum Gasteiger partial charge on any atom is 0.142 e. The Kier molecular flexibility index (Phi) is 3.18. The van der Waals surface area contributed by atoms with Gasteiger partial charge >= 0.3 is 0 Å². The summed E-state index contributed by atoms with van der Waals surface area (Å²) in [6, 6.07) is -0.120. The van der Waals surface area contributed by atoms with Crippen LogP contribution in [0.5, 0.6) is 0 Å². The highest BCUT2D eigenvalue weighted by Crippen LogP contribution is 1.75. The molecule has 0 saturated heterocycles. The Hall–Kier alpha value is -0.0151.